The summed E-state index contributed by atoms with van der Waals surface area (Å²) in [6.45, 7) is 7.43. The summed E-state index contributed by atoms with van der Waals surface area (Å²) in [6, 6.07) is 7.66. The molecule has 2 aromatic rings. The number of hydrogen-bond acceptors (Lipinski definition) is 5. The van der Waals surface area contributed by atoms with Crippen molar-refractivity contribution in [2.45, 2.75) is 39.3 Å². The first-order valence-corrected chi connectivity index (χ1v) is 9.08. The van der Waals surface area contributed by atoms with Crippen molar-refractivity contribution in [3.63, 3.8) is 0 Å². The van der Waals surface area contributed by atoms with Crippen LogP contribution >= 0.6 is 0 Å². The monoisotopic (exact) mass is 369 g/mol. The highest BCUT2D eigenvalue weighted by Gasteiger charge is 2.24. The van der Waals surface area contributed by atoms with E-state index >= 15 is 0 Å². The van der Waals surface area contributed by atoms with Crippen molar-refractivity contribution >= 4 is 11.6 Å². The molecule has 27 heavy (non-hydrogen) atoms. The predicted octanol–water partition coefficient (Wildman–Crippen LogP) is 3.51. The maximum absolute atomic E-state index is 13.0. The number of anilines is 1. The Morgan fingerprint density at radius 2 is 1.78 bits per heavy atom. The van der Waals surface area contributed by atoms with Gasteiger partial charge in [0.2, 0.25) is 0 Å². The van der Waals surface area contributed by atoms with Gasteiger partial charge in [0.1, 0.15) is 5.69 Å². The highest BCUT2D eigenvalue weighted by molar-refractivity contribution is 5.93. The average Bonchev–Trinajstić information content (AvgIpc) is 2.64. The van der Waals surface area contributed by atoms with E-state index in [1.165, 1.54) is 5.56 Å². The molecule has 6 heteroatoms. The van der Waals surface area contributed by atoms with Crippen LogP contribution in [-0.2, 0) is 13.0 Å². The number of nitrogens with one attached hydrogen (secondary N) is 1. The van der Waals surface area contributed by atoms with Gasteiger partial charge >= 0.3 is 0 Å². The normalized spacial score (nSPS) is 13.7. The van der Waals surface area contributed by atoms with Crippen molar-refractivity contribution < 1.29 is 14.3 Å². The molecular weight excluding hydrogens is 342 g/mol. The van der Waals surface area contributed by atoms with Crippen molar-refractivity contribution in [2.75, 3.05) is 26.1 Å². The van der Waals surface area contributed by atoms with Crippen molar-refractivity contribution in [3.8, 4) is 11.5 Å². The molecule has 1 aromatic heterocycles. The molecule has 0 saturated carbocycles. The first kappa shape index (κ1) is 19.0. The Balaban J connectivity index is 1.81. The number of nitrogens with zero attached hydrogens (tertiary/aromatic N) is 2. The summed E-state index contributed by atoms with van der Waals surface area (Å²) in [6.07, 6.45) is 2.45. The molecule has 0 atom stereocenters. The molecule has 3 rings (SSSR count). The molecule has 2 heterocycles. The standard InChI is InChI=1S/C21H27N3O3/c1-21(2,3)23-16-6-8-22-17(12-16)20(25)24-9-7-14-10-18(26-4)19(27-5)11-15(14)13-24/h6,8,10-12H,7,9,13H2,1-5H3,(H,22,23). The van der Waals surface area contributed by atoms with Crippen LogP contribution in [0.3, 0.4) is 0 Å². The van der Waals surface area contributed by atoms with Gasteiger partial charge in [0.25, 0.3) is 5.91 Å². The van der Waals surface area contributed by atoms with Crippen LogP contribution in [0.1, 0.15) is 42.4 Å². The van der Waals surface area contributed by atoms with Crippen LogP contribution in [0.25, 0.3) is 0 Å². The number of rotatable bonds is 4. The number of ether oxygens (including phenoxy) is 2. The maximum atomic E-state index is 13.0. The smallest absolute Gasteiger partial charge is 0.272 e. The molecule has 0 fully saturated rings. The zero-order valence-electron chi connectivity index (χ0n) is 16.6. The van der Waals surface area contributed by atoms with Gasteiger partial charge in [0.05, 0.1) is 14.2 Å². The lowest BCUT2D eigenvalue weighted by atomic mass is 9.98. The zero-order chi connectivity index (χ0) is 19.6. The Morgan fingerprint density at radius 3 is 2.41 bits per heavy atom. The van der Waals surface area contributed by atoms with Gasteiger partial charge in [-0.05, 0) is 62.6 Å². The molecule has 1 aliphatic heterocycles. The molecule has 0 radical (unpaired) electrons. The van der Waals surface area contributed by atoms with E-state index in [-0.39, 0.29) is 11.4 Å². The summed E-state index contributed by atoms with van der Waals surface area (Å²) in [5.74, 6) is 1.34. The molecule has 1 N–H and O–H groups in total. The quantitative estimate of drug-likeness (QED) is 0.894. The number of fused-ring (bicyclic) bond motifs is 1. The number of carbonyl (C=O) groups excluding carboxylic acids is 1. The second kappa shape index (κ2) is 7.47. The minimum atomic E-state index is -0.0820. The number of hydrogen-bond donors (Lipinski definition) is 1. The van der Waals surface area contributed by atoms with E-state index in [1.54, 1.807) is 20.4 Å². The number of pyridine rings is 1. The van der Waals surface area contributed by atoms with E-state index in [0.717, 1.165) is 23.4 Å². The van der Waals surface area contributed by atoms with Crippen LogP contribution in [0.4, 0.5) is 5.69 Å². The summed E-state index contributed by atoms with van der Waals surface area (Å²) >= 11 is 0. The van der Waals surface area contributed by atoms with Gasteiger partial charge in [0.15, 0.2) is 11.5 Å². The molecule has 0 aliphatic carbocycles. The number of carbonyl (C=O) groups is 1. The van der Waals surface area contributed by atoms with Gasteiger partial charge in [-0.15, -0.1) is 0 Å². The third-order valence-electron chi connectivity index (χ3n) is 4.50. The summed E-state index contributed by atoms with van der Waals surface area (Å²) in [4.78, 5) is 19.1. The van der Waals surface area contributed by atoms with Crippen LogP contribution in [-0.4, -0.2) is 42.1 Å². The zero-order valence-corrected chi connectivity index (χ0v) is 16.6. The maximum Gasteiger partial charge on any atom is 0.272 e. The SMILES string of the molecule is COc1cc2c(cc1OC)CN(C(=O)c1cc(NC(C)(C)C)ccn1)CC2. The number of methoxy groups -OCH3 is 2. The predicted molar refractivity (Wildman–Crippen MR) is 106 cm³/mol. The van der Waals surface area contributed by atoms with E-state index in [4.69, 9.17) is 9.47 Å². The first-order chi connectivity index (χ1) is 12.8. The van der Waals surface area contributed by atoms with E-state index in [1.807, 2.05) is 29.2 Å². The van der Waals surface area contributed by atoms with Crippen molar-refractivity contribution in [2.24, 2.45) is 0 Å². The average molecular weight is 369 g/mol. The molecule has 1 aliphatic rings. The Hall–Kier alpha value is -2.76. The van der Waals surface area contributed by atoms with Crippen LogP contribution in [0.15, 0.2) is 30.5 Å². The highest BCUT2D eigenvalue weighted by atomic mass is 16.5. The first-order valence-electron chi connectivity index (χ1n) is 9.08. The van der Waals surface area contributed by atoms with Crippen molar-refractivity contribution in [1.82, 2.24) is 9.88 Å². The molecule has 0 saturated heterocycles. The minimum absolute atomic E-state index is 0.0620. The van der Waals surface area contributed by atoms with Gasteiger partial charge in [-0.2, -0.15) is 0 Å². The Kier molecular flexibility index (Phi) is 5.26. The molecule has 0 unspecified atom stereocenters. The number of benzene rings is 1. The van der Waals surface area contributed by atoms with Gasteiger partial charge in [0, 0.05) is 30.5 Å². The lowest BCUT2D eigenvalue weighted by molar-refractivity contribution is 0.0728. The highest BCUT2D eigenvalue weighted by Crippen LogP contribution is 2.33. The molecule has 0 bridgehead atoms. The van der Waals surface area contributed by atoms with E-state index < -0.39 is 0 Å². The minimum Gasteiger partial charge on any atom is -0.493 e. The Morgan fingerprint density at radius 1 is 1.11 bits per heavy atom. The second-order valence-electron chi connectivity index (χ2n) is 7.76. The topological polar surface area (TPSA) is 63.7 Å². The molecule has 144 valence electrons. The molecule has 1 amide bonds. The molecule has 6 nitrogen and oxygen atoms in total. The summed E-state index contributed by atoms with van der Waals surface area (Å²) < 4.78 is 10.8. The molecule has 0 spiro atoms. The summed E-state index contributed by atoms with van der Waals surface area (Å²) in [5.41, 5.74) is 3.53. The van der Waals surface area contributed by atoms with E-state index in [9.17, 15) is 4.79 Å². The molecular formula is C21H27N3O3. The lowest BCUT2D eigenvalue weighted by Crippen LogP contribution is -2.36. The Bertz CT molecular complexity index is 843. The summed E-state index contributed by atoms with van der Waals surface area (Å²) in [5, 5.41) is 3.38. The fraction of sp³-hybridized carbons (Fsp3) is 0.429. The van der Waals surface area contributed by atoms with Gasteiger partial charge in [-0.1, -0.05) is 0 Å². The van der Waals surface area contributed by atoms with Gasteiger partial charge in [-0.3, -0.25) is 9.78 Å². The van der Waals surface area contributed by atoms with E-state index in [2.05, 4.69) is 31.1 Å². The van der Waals surface area contributed by atoms with Crippen LogP contribution < -0.4 is 14.8 Å². The largest absolute Gasteiger partial charge is 0.493 e. The van der Waals surface area contributed by atoms with Gasteiger partial charge in [-0.25, -0.2) is 0 Å². The van der Waals surface area contributed by atoms with E-state index in [0.29, 0.717) is 24.5 Å². The lowest BCUT2D eigenvalue weighted by Gasteiger charge is -2.29. The van der Waals surface area contributed by atoms with Crippen LogP contribution in [0.5, 0.6) is 11.5 Å². The third kappa shape index (κ3) is 4.32. The van der Waals surface area contributed by atoms with Crippen molar-refractivity contribution in [3.05, 3.63) is 47.3 Å². The van der Waals surface area contributed by atoms with Crippen LogP contribution in [0, 0.1) is 0 Å². The summed E-state index contributed by atoms with van der Waals surface area (Å²) in [7, 11) is 3.25. The number of amides is 1. The third-order valence-corrected chi connectivity index (χ3v) is 4.50. The number of aromatic nitrogens is 1. The van der Waals surface area contributed by atoms with Crippen molar-refractivity contribution in [1.29, 1.82) is 0 Å². The van der Waals surface area contributed by atoms with Gasteiger partial charge < -0.3 is 19.7 Å². The fourth-order valence-corrected chi connectivity index (χ4v) is 3.28. The fourth-order valence-electron chi connectivity index (χ4n) is 3.28. The second-order valence-corrected chi connectivity index (χ2v) is 7.76. The molecule has 1 aromatic carbocycles. The van der Waals surface area contributed by atoms with Crippen LogP contribution in [0.2, 0.25) is 0 Å². The Labute approximate surface area is 160 Å².